The van der Waals surface area contributed by atoms with E-state index >= 15 is 0 Å². The molecule has 0 bridgehead atoms. The Morgan fingerprint density at radius 2 is 2.22 bits per heavy atom. The van der Waals surface area contributed by atoms with Crippen LogP contribution in [0.5, 0.6) is 0 Å². The molecule has 96 valence electrons. The normalized spacial score (nSPS) is 11.2. The number of hydrogen-bond acceptors (Lipinski definition) is 4. The predicted octanol–water partition coefficient (Wildman–Crippen LogP) is 0.964. The minimum absolute atomic E-state index is 0.443. The van der Waals surface area contributed by atoms with E-state index in [0.29, 0.717) is 29.5 Å². The van der Waals surface area contributed by atoms with Gasteiger partial charge in [0.15, 0.2) is 0 Å². The second-order valence-electron chi connectivity index (χ2n) is 3.85. The minimum Gasteiger partial charge on any atom is -0.404 e. The summed E-state index contributed by atoms with van der Waals surface area (Å²) in [5, 5.41) is 0.466. The maximum atomic E-state index is 6.04. The Bertz CT molecular complexity index is 499. The molecule has 0 saturated carbocycles. The van der Waals surface area contributed by atoms with Crippen molar-refractivity contribution in [2.24, 2.45) is 11.5 Å². The lowest BCUT2D eigenvalue weighted by Crippen LogP contribution is -2.27. The van der Waals surface area contributed by atoms with E-state index in [2.05, 4.69) is 11.8 Å². The third kappa shape index (κ3) is 3.97. The maximum Gasteiger partial charge on any atom is 0.0791 e. The van der Waals surface area contributed by atoms with Gasteiger partial charge >= 0.3 is 0 Å². The fraction of sp³-hybridized carbons (Fsp3) is 0.231. The first-order valence-electron chi connectivity index (χ1n) is 5.44. The van der Waals surface area contributed by atoms with Crippen LogP contribution in [0.1, 0.15) is 5.56 Å². The van der Waals surface area contributed by atoms with Crippen molar-refractivity contribution in [2.45, 2.75) is 0 Å². The van der Waals surface area contributed by atoms with Crippen molar-refractivity contribution in [3.63, 3.8) is 0 Å². The van der Waals surface area contributed by atoms with Crippen LogP contribution >= 0.6 is 11.6 Å². The Kier molecular flexibility index (Phi) is 5.53. The molecule has 0 unspecified atom stereocenters. The quantitative estimate of drug-likeness (QED) is 0.432. The third-order valence-electron chi connectivity index (χ3n) is 2.34. The number of hydrogen-bond donors (Lipinski definition) is 3. The van der Waals surface area contributed by atoms with Crippen LogP contribution in [-0.2, 0) is 0 Å². The Hall–Kier alpha value is -1.67. The van der Waals surface area contributed by atoms with Crippen LogP contribution in [0.15, 0.2) is 30.0 Å². The second-order valence-corrected chi connectivity index (χ2v) is 4.23. The van der Waals surface area contributed by atoms with Gasteiger partial charge in [0.1, 0.15) is 0 Å². The maximum absolute atomic E-state index is 6.04. The van der Waals surface area contributed by atoms with E-state index in [1.54, 1.807) is 6.07 Å². The van der Waals surface area contributed by atoms with Crippen LogP contribution in [0.3, 0.4) is 0 Å². The zero-order chi connectivity index (χ0) is 13.5. The van der Waals surface area contributed by atoms with Gasteiger partial charge in [0.2, 0.25) is 0 Å². The van der Waals surface area contributed by atoms with E-state index in [9.17, 15) is 0 Å². The molecule has 6 N–H and O–H groups in total. The molecule has 5 heteroatoms. The number of anilines is 1. The summed E-state index contributed by atoms with van der Waals surface area (Å²) >= 11 is 6.04. The van der Waals surface area contributed by atoms with E-state index in [1.165, 1.54) is 6.20 Å². The molecule has 0 aliphatic heterocycles. The van der Waals surface area contributed by atoms with Crippen LogP contribution in [-0.4, -0.2) is 25.2 Å². The fourth-order valence-electron chi connectivity index (χ4n) is 1.28. The highest BCUT2D eigenvalue weighted by atomic mass is 35.5. The molecule has 0 aromatic heterocycles. The van der Waals surface area contributed by atoms with Crippen LogP contribution in [0.2, 0.25) is 5.02 Å². The van der Waals surface area contributed by atoms with Crippen molar-refractivity contribution in [2.75, 3.05) is 26.0 Å². The predicted molar refractivity (Wildman–Crippen MR) is 76.7 cm³/mol. The first-order chi connectivity index (χ1) is 8.58. The van der Waals surface area contributed by atoms with Gasteiger partial charge in [0.05, 0.1) is 10.7 Å². The van der Waals surface area contributed by atoms with Crippen molar-refractivity contribution in [3.05, 3.63) is 40.6 Å². The summed E-state index contributed by atoms with van der Waals surface area (Å²) in [4.78, 5) is 1.90. The van der Waals surface area contributed by atoms with Gasteiger partial charge in [0, 0.05) is 30.5 Å². The largest absolute Gasteiger partial charge is 0.404 e. The Morgan fingerprint density at radius 3 is 2.83 bits per heavy atom. The van der Waals surface area contributed by atoms with Crippen molar-refractivity contribution in [3.8, 4) is 11.8 Å². The molecule has 4 nitrogen and oxygen atoms in total. The summed E-state index contributed by atoms with van der Waals surface area (Å²) in [5.41, 5.74) is 18.7. The molecule has 0 aliphatic rings. The number of nitrogens with zero attached hydrogens (tertiary/aromatic N) is 1. The molecule has 0 heterocycles. The van der Waals surface area contributed by atoms with E-state index in [4.69, 9.17) is 28.8 Å². The fourth-order valence-corrected chi connectivity index (χ4v) is 1.46. The number of likely N-dealkylation sites (N-methyl/N-ethyl adjacent to an activating group) is 1. The van der Waals surface area contributed by atoms with Gasteiger partial charge in [-0.1, -0.05) is 29.5 Å². The highest BCUT2D eigenvalue weighted by Gasteiger charge is 2.01. The molecule has 1 aromatic rings. The van der Waals surface area contributed by atoms with Gasteiger partial charge in [-0.2, -0.15) is 0 Å². The van der Waals surface area contributed by atoms with Crippen LogP contribution in [0, 0.1) is 11.8 Å². The van der Waals surface area contributed by atoms with Crippen molar-refractivity contribution < 1.29 is 0 Å². The lowest BCUT2D eigenvalue weighted by molar-refractivity contribution is 0.377. The molecule has 0 spiro atoms. The van der Waals surface area contributed by atoms with E-state index < -0.39 is 0 Å². The Labute approximate surface area is 112 Å². The molecule has 0 atom stereocenters. The Morgan fingerprint density at radius 1 is 1.50 bits per heavy atom. The van der Waals surface area contributed by atoms with E-state index in [1.807, 2.05) is 24.1 Å². The van der Waals surface area contributed by atoms with Gasteiger partial charge in [-0.3, -0.25) is 4.90 Å². The zero-order valence-electron chi connectivity index (χ0n) is 10.3. The number of benzene rings is 1. The highest BCUT2D eigenvalue weighted by Crippen LogP contribution is 2.21. The first kappa shape index (κ1) is 14.4. The summed E-state index contributed by atoms with van der Waals surface area (Å²) in [6.45, 7) is 1.04. The number of nitrogens with two attached hydrogens (primary N) is 3. The smallest absolute Gasteiger partial charge is 0.0791 e. The minimum atomic E-state index is 0.443. The summed E-state index contributed by atoms with van der Waals surface area (Å²) in [6, 6.07) is 5.35. The van der Waals surface area contributed by atoms with Gasteiger partial charge in [-0.15, -0.1) is 0 Å². The third-order valence-corrected chi connectivity index (χ3v) is 2.76. The summed E-state index contributed by atoms with van der Waals surface area (Å²) < 4.78 is 0. The molecule has 0 radical (unpaired) electrons. The average Bonchev–Trinajstić information content (AvgIpc) is 2.38. The summed E-state index contributed by atoms with van der Waals surface area (Å²) in [7, 11) is 1.89. The molecule has 1 aromatic carbocycles. The number of halogens is 1. The standard InChI is InChI=1S/C13H17ClN4/c1-18(9-16)8-10(7-15)5-6-11-3-2-4-12(17)13(11)14/h2-4,7H,8-9,15-17H2,1H3/b10-7-. The van der Waals surface area contributed by atoms with Crippen LogP contribution in [0.4, 0.5) is 5.69 Å². The van der Waals surface area contributed by atoms with Gasteiger partial charge in [0.25, 0.3) is 0 Å². The van der Waals surface area contributed by atoms with Crippen molar-refractivity contribution in [1.82, 2.24) is 4.90 Å². The topological polar surface area (TPSA) is 81.3 Å². The van der Waals surface area contributed by atoms with Gasteiger partial charge in [-0.25, -0.2) is 0 Å². The Balaban J connectivity index is 2.89. The molecule has 1 rings (SSSR count). The van der Waals surface area contributed by atoms with E-state index in [-0.39, 0.29) is 0 Å². The van der Waals surface area contributed by atoms with E-state index in [0.717, 1.165) is 5.57 Å². The number of rotatable bonds is 3. The zero-order valence-corrected chi connectivity index (χ0v) is 11.0. The van der Waals surface area contributed by atoms with Gasteiger partial charge in [-0.05, 0) is 19.2 Å². The molecular formula is C13H17ClN4. The van der Waals surface area contributed by atoms with Crippen LogP contribution in [0.25, 0.3) is 0 Å². The molecule has 0 amide bonds. The molecule has 0 aliphatic carbocycles. The first-order valence-corrected chi connectivity index (χ1v) is 5.81. The van der Waals surface area contributed by atoms with Gasteiger partial charge < -0.3 is 17.2 Å². The SMILES string of the molecule is CN(CN)C/C(C#Cc1cccc(N)c1Cl)=C\N. The summed E-state index contributed by atoms with van der Waals surface area (Å²) in [6.07, 6.45) is 1.47. The lowest BCUT2D eigenvalue weighted by Gasteiger charge is -2.12. The summed E-state index contributed by atoms with van der Waals surface area (Å²) in [5.74, 6) is 5.92. The van der Waals surface area contributed by atoms with Crippen LogP contribution < -0.4 is 17.2 Å². The molecular weight excluding hydrogens is 248 g/mol. The number of nitrogen functional groups attached to an aromatic ring is 1. The van der Waals surface area contributed by atoms with Crippen molar-refractivity contribution >= 4 is 17.3 Å². The van der Waals surface area contributed by atoms with Crippen molar-refractivity contribution in [1.29, 1.82) is 0 Å². The monoisotopic (exact) mass is 264 g/mol. The highest BCUT2D eigenvalue weighted by molar-refractivity contribution is 6.34. The second kappa shape index (κ2) is 6.92. The molecule has 0 saturated heterocycles. The average molecular weight is 265 g/mol. The molecule has 18 heavy (non-hydrogen) atoms. The molecule has 0 fully saturated rings. The lowest BCUT2D eigenvalue weighted by atomic mass is 10.2.